The molecule has 10 heteroatoms. The zero-order chi connectivity index (χ0) is 25.0. The standard InChI is InChI=1S/C25H29Cl2F3N4O/c26-20-3-1-2-18(14-20)24(35)32-22-15-21(27)16-31-23(22)34-12-5-17(6-13-34)4-9-33-10-7-19(8-11-33)25(28,29)30/h1-3,14-17,19H,4-13H2,(H,32,35). The molecule has 1 aromatic heterocycles. The number of anilines is 2. The summed E-state index contributed by atoms with van der Waals surface area (Å²) < 4.78 is 38.6. The Kier molecular flexibility index (Phi) is 8.45. The molecule has 0 saturated carbocycles. The number of hydrogen-bond acceptors (Lipinski definition) is 4. The van der Waals surface area contributed by atoms with Gasteiger partial charge in [0.1, 0.15) is 0 Å². The number of amides is 1. The third kappa shape index (κ3) is 7.02. The molecule has 0 unspecified atom stereocenters. The van der Waals surface area contributed by atoms with Crippen LogP contribution in [0.15, 0.2) is 36.5 Å². The molecule has 190 valence electrons. The highest BCUT2D eigenvalue weighted by atomic mass is 35.5. The molecule has 3 heterocycles. The molecule has 2 aliphatic rings. The summed E-state index contributed by atoms with van der Waals surface area (Å²) in [5, 5.41) is 3.82. The van der Waals surface area contributed by atoms with Gasteiger partial charge in [0, 0.05) is 29.9 Å². The maximum absolute atomic E-state index is 12.9. The van der Waals surface area contributed by atoms with E-state index in [2.05, 4.69) is 20.1 Å². The summed E-state index contributed by atoms with van der Waals surface area (Å²) >= 11 is 12.2. The van der Waals surface area contributed by atoms with E-state index in [0.717, 1.165) is 38.9 Å². The van der Waals surface area contributed by atoms with Crippen molar-refractivity contribution >= 4 is 40.6 Å². The summed E-state index contributed by atoms with van der Waals surface area (Å²) in [7, 11) is 0. The van der Waals surface area contributed by atoms with Gasteiger partial charge >= 0.3 is 6.18 Å². The largest absolute Gasteiger partial charge is 0.391 e. The predicted molar refractivity (Wildman–Crippen MR) is 133 cm³/mol. The molecule has 5 nitrogen and oxygen atoms in total. The van der Waals surface area contributed by atoms with E-state index in [1.165, 1.54) is 0 Å². The lowest BCUT2D eigenvalue weighted by molar-refractivity contribution is -0.185. The Morgan fingerprint density at radius 3 is 2.40 bits per heavy atom. The first-order chi connectivity index (χ1) is 16.7. The summed E-state index contributed by atoms with van der Waals surface area (Å²) in [4.78, 5) is 21.6. The van der Waals surface area contributed by atoms with Crippen LogP contribution in [0.4, 0.5) is 24.7 Å². The van der Waals surface area contributed by atoms with E-state index in [1.54, 1.807) is 36.5 Å². The van der Waals surface area contributed by atoms with E-state index >= 15 is 0 Å². The highest BCUT2D eigenvalue weighted by molar-refractivity contribution is 6.31. The third-order valence-electron chi connectivity index (χ3n) is 6.99. The van der Waals surface area contributed by atoms with Gasteiger partial charge in [-0.2, -0.15) is 13.2 Å². The number of piperidine rings is 2. The molecule has 0 aliphatic carbocycles. The second-order valence-corrected chi connectivity index (χ2v) is 10.2. The summed E-state index contributed by atoms with van der Waals surface area (Å²) in [6, 6.07) is 8.42. The van der Waals surface area contributed by atoms with Crippen molar-refractivity contribution in [1.29, 1.82) is 0 Å². The first-order valence-corrected chi connectivity index (χ1v) is 12.7. The SMILES string of the molecule is O=C(Nc1cc(Cl)cnc1N1CCC(CCN2CCC(C(F)(F)F)CC2)CC1)c1cccc(Cl)c1. The average molecular weight is 529 g/mol. The number of rotatable bonds is 6. The molecule has 0 spiro atoms. The predicted octanol–water partition coefficient (Wildman–Crippen LogP) is 6.52. The molecule has 0 radical (unpaired) electrons. The smallest absolute Gasteiger partial charge is 0.355 e. The number of benzene rings is 1. The maximum atomic E-state index is 12.9. The number of hydrogen-bond donors (Lipinski definition) is 1. The number of pyridine rings is 1. The number of halogens is 5. The lowest BCUT2D eigenvalue weighted by atomic mass is 9.92. The van der Waals surface area contributed by atoms with Crippen LogP contribution in [0.5, 0.6) is 0 Å². The summed E-state index contributed by atoms with van der Waals surface area (Å²) in [5.41, 5.74) is 0.995. The molecule has 0 bridgehead atoms. The van der Waals surface area contributed by atoms with Crippen molar-refractivity contribution in [3.05, 3.63) is 52.1 Å². The molecule has 1 N–H and O–H groups in total. The molecule has 4 rings (SSSR count). The minimum Gasteiger partial charge on any atom is -0.355 e. The molecule has 2 fully saturated rings. The van der Waals surface area contributed by atoms with Crippen LogP contribution >= 0.6 is 23.2 Å². The maximum Gasteiger partial charge on any atom is 0.391 e. The first kappa shape index (κ1) is 26.0. The highest BCUT2D eigenvalue weighted by Crippen LogP contribution is 2.35. The molecule has 2 saturated heterocycles. The number of aromatic nitrogens is 1. The summed E-state index contributed by atoms with van der Waals surface area (Å²) in [6.07, 6.45) is 0.818. The van der Waals surface area contributed by atoms with E-state index in [-0.39, 0.29) is 18.7 Å². The summed E-state index contributed by atoms with van der Waals surface area (Å²) in [5.74, 6) is -0.245. The van der Waals surface area contributed by atoms with Gasteiger partial charge in [-0.15, -0.1) is 0 Å². The van der Waals surface area contributed by atoms with Crippen molar-refractivity contribution < 1.29 is 18.0 Å². The molecular formula is C25H29Cl2F3N4O. The lowest BCUT2D eigenvalue weighted by Crippen LogP contribution is -2.40. The molecule has 2 aromatic rings. The minimum absolute atomic E-state index is 0.202. The fourth-order valence-electron chi connectivity index (χ4n) is 4.88. The first-order valence-electron chi connectivity index (χ1n) is 12.0. The van der Waals surface area contributed by atoms with Crippen molar-refractivity contribution in [1.82, 2.24) is 9.88 Å². The van der Waals surface area contributed by atoms with Crippen LogP contribution in [0.1, 0.15) is 42.5 Å². The number of likely N-dealkylation sites (tertiary alicyclic amines) is 1. The van der Waals surface area contributed by atoms with E-state index in [9.17, 15) is 18.0 Å². The highest BCUT2D eigenvalue weighted by Gasteiger charge is 2.41. The van der Waals surface area contributed by atoms with Crippen molar-refractivity contribution in [3.63, 3.8) is 0 Å². The fraction of sp³-hybridized carbons (Fsp3) is 0.520. The van der Waals surface area contributed by atoms with Crippen LogP contribution in [-0.4, -0.2) is 54.7 Å². The Bertz CT molecular complexity index is 1020. The van der Waals surface area contributed by atoms with Crippen LogP contribution < -0.4 is 10.2 Å². The van der Waals surface area contributed by atoms with Gasteiger partial charge in [0.2, 0.25) is 0 Å². The number of carbonyl (C=O) groups excluding carboxylic acids is 1. The van der Waals surface area contributed by atoms with Gasteiger partial charge in [0.25, 0.3) is 5.91 Å². The van der Waals surface area contributed by atoms with Crippen molar-refractivity contribution in [2.24, 2.45) is 11.8 Å². The Morgan fingerprint density at radius 1 is 1.03 bits per heavy atom. The number of nitrogens with zero attached hydrogens (tertiary/aromatic N) is 3. The molecule has 1 aromatic carbocycles. The van der Waals surface area contributed by atoms with Crippen LogP contribution in [0.25, 0.3) is 0 Å². The molecule has 35 heavy (non-hydrogen) atoms. The Labute approximate surface area is 213 Å². The lowest BCUT2D eigenvalue weighted by Gasteiger charge is -2.36. The topological polar surface area (TPSA) is 48.5 Å². The normalized spacial score (nSPS) is 18.6. The quantitative estimate of drug-likeness (QED) is 0.463. The molecular weight excluding hydrogens is 500 g/mol. The van der Waals surface area contributed by atoms with Crippen LogP contribution in [-0.2, 0) is 0 Å². The Hall–Kier alpha value is -2.03. The van der Waals surface area contributed by atoms with E-state index < -0.39 is 12.1 Å². The van der Waals surface area contributed by atoms with Crippen LogP contribution in [0.2, 0.25) is 10.0 Å². The van der Waals surface area contributed by atoms with Gasteiger partial charge in [-0.05, 0) is 81.9 Å². The van der Waals surface area contributed by atoms with Crippen LogP contribution in [0, 0.1) is 11.8 Å². The van der Waals surface area contributed by atoms with E-state index in [4.69, 9.17) is 23.2 Å². The van der Waals surface area contributed by atoms with Crippen molar-refractivity contribution in [3.8, 4) is 0 Å². The van der Waals surface area contributed by atoms with Crippen molar-refractivity contribution in [2.45, 2.75) is 38.3 Å². The number of carbonyl (C=O) groups is 1. The Balaban J connectivity index is 1.30. The van der Waals surface area contributed by atoms with Gasteiger partial charge in [-0.1, -0.05) is 29.3 Å². The average Bonchev–Trinajstić information content (AvgIpc) is 2.83. The van der Waals surface area contributed by atoms with Gasteiger partial charge in [0.15, 0.2) is 5.82 Å². The van der Waals surface area contributed by atoms with Gasteiger partial charge in [-0.25, -0.2) is 4.98 Å². The minimum atomic E-state index is -4.07. The van der Waals surface area contributed by atoms with Gasteiger partial charge in [0.05, 0.1) is 16.6 Å². The Morgan fingerprint density at radius 2 is 1.74 bits per heavy atom. The number of nitrogens with one attached hydrogen (secondary N) is 1. The summed E-state index contributed by atoms with van der Waals surface area (Å²) in [6.45, 7) is 3.46. The monoisotopic (exact) mass is 528 g/mol. The molecule has 1 amide bonds. The molecule has 0 atom stereocenters. The van der Waals surface area contributed by atoms with Gasteiger partial charge in [-0.3, -0.25) is 4.79 Å². The second-order valence-electron chi connectivity index (χ2n) is 9.37. The van der Waals surface area contributed by atoms with E-state index in [1.807, 2.05) is 0 Å². The van der Waals surface area contributed by atoms with Crippen molar-refractivity contribution in [2.75, 3.05) is 42.9 Å². The molecule has 2 aliphatic heterocycles. The fourth-order valence-corrected chi connectivity index (χ4v) is 5.23. The zero-order valence-electron chi connectivity index (χ0n) is 19.3. The zero-order valence-corrected chi connectivity index (χ0v) is 20.8. The number of alkyl halides is 3. The third-order valence-corrected chi connectivity index (χ3v) is 7.43. The second kappa shape index (κ2) is 11.4. The van der Waals surface area contributed by atoms with Crippen LogP contribution in [0.3, 0.4) is 0 Å². The van der Waals surface area contributed by atoms with Gasteiger partial charge < -0.3 is 15.1 Å². The van der Waals surface area contributed by atoms with E-state index in [0.29, 0.717) is 46.1 Å².